The van der Waals surface area contributed by atoms with Crippen LogP contribution in [0.4, 0.5) is 0 Å². The van der Waals surface area contributed by atoms with Crippen molar-refractivity contribution in [1.29, 1.82) is 0 Å². The van der Waals surface area contributed by atoms with Gasteiger partial charge in [0.1, 0.15) is 0 Å². The summed E-state index contributed by atoms with van der Waals surface area (Å²) >= 11 is 1.61. The van der Waals surface area contributed by atoms with E-state index in [1.165, 1.54) is 13.0 Å². The van der Waals surface area contributed by atoms with Crippen molar-refractivity contribution in [3.63, 3.8) is 0 Å². The van der Waals surface area contributed by atoms with E-state index in [1.807, 2.05) is 0 Å². The van der Waals surface area contributed by atoms with Crippen LogP contribution in [0.5, 0.6) is 0 Å². The zero-order valence-corrected chi connectivity index (χ0v) is 10.9. The Hall–Kier alpha value is 0.858. The van der Waals surface area contributed by atoms with E-state index in [4.69, 9.17) is 5.73 Å². The molecule has 0 aliphatic heterocycles. The first-order valence-electron chi connectivity index (χ1n) is 3.50. The van der Waals surface area contributed by atoms with Crippen LogP contribution in [0.15, 0.2) is 0 Å². The van der Waals surface area contributed by atoms with Crippen molar-refractivity contribution >= 4 is 9.42 Å². The first-order valence-corrected chi connectivity index (χ1v) is 6.31. The monoisotopic (exact) mass is 377 g/mol. The Balaban J connectivity index is -0.0000000740. The molecule has 0 aromatic rings. The molecule has 0 atom stereocenters. The molecule has 0 spiro atoms. The molecule has 5 N–H and O–H groups in total. The number of rotatable bonds is 5. The van der Waals surface area contributed by atoms with E-state index >= 15 is 0 Å². The molecule has 0 saturated carbocycles. The van der Waals surface area contributed by atoms with Gasteiger partial charge in [-0.1, -0.05) is 6.92 Å². The van der Waals surface area contributed by atoms with Crippen LogP contribution in [0.3, 0.4) is 0 Å². The quantitative estimate of drug-likeness (QED) is 0.564. The summed E-state index contributed by atoms with van der Waals surface area (Å²) in [5.41, 5.74) is 6.82. The van der Waals surface area contributed by atoms with Gasteiger partial charge in [0.05, 0.1) is 13.1 Å². The minimum Gasteiger partial charge on any atom is -0.693 e. The van der Waals surface area contributed by atoms with E-state index < -0.39 is 0 Å². The van der Waals surface area contributed by atoms with Crippen molar-refractivity contribution in [1.82, 2.24) is 0 Å². The summed E-state index contributed by atoms with van der Waals surface area (Å²) in [7, 11) is 4.61. The predicted molar refractivity (Wildman–Crippen MR) is 53.3 cm³/mol. The zero-order chi connectivity index (χ0) is 8.24. The van der Waals surface area contributed by atoms with Crippen molar-refractivity contribution in [2.24, 2.45) is 0 Å². The molecule has 0 aliphatic rings. The first kappa shape index (κ1) is 23.0. The smallest absolute Gasteiger partial charge is 0.693 e. The van der Waals surface area contributed by atoms with E-state index in [9.17, 15) is 0 Å². The number of nitrogens with one attached hydrogen (secondary N) is 1. The van der Waals surface area contributed by atoms with Gasteiger partial charge in [-0.3, -0.25) is 0 Å². The van der Waals surface area contributed by atoms with E-state index in [-0.39, 0.29) is 13.6 Å². The fraction of sp³-hybridized carbons (Fsp3) is 0.857. The Bertz CT molecular complexity index is 43.6. The number of hydrogen-bond acceptors (Lipinski definition) is 0. The first-order chi connectivity index (χ1) is 4.91. The molecular weight excluding hydrogens is 357 g/mol. The molecule has 3 nitrogen and oxygen atoms in total. The molecule has 0 radical (unpaired) electrons. The fourth-order valence-electron chi connectivity index (χ4n) is 0.595. The molecule has 12 heavy (non-hydrogen) atoms. The van der Waals surface area contributed by atoms with Crippen LogP contribution in [-0.4, -0.2) is 19.6 Å². The number of hydrogen-bond donors (Lipinski definition) is 1. The second-order valence-corrected chi connectivity index (χ2v) is 1.97. The van der Waals surface area contributed by atoms with Gasteiger partial charge in [-0.2, -0.15) is 0 Å². The second kappa shape index (κ2) is 29.7. The van der Waals surface area contributed by atoms with E-state index in [2.05, 4.69) is 21.7 Å². The fourth-order valence-corrected chi connectivity index (χ4v) is 0.595. The van der Waals surface area contributed by atoms with Crippen molar-refractivity contribution in [3.8, 4) is 0 Å². The van der Waals surface area contributed by atoms with Crippen molar-refractivity contribution in [2.45, 2.75) is 19.8 Å². The summed E-state index contributed by atoms with van der Waals surface area (Å²) in [4.78, 5) is 0. The Labute approximate surface area is 92.2 Å². The van der Waals surface area contributed by atoms with Crippen LogP contribution in [0, 0.1) is 7.43 Å². The second-order valence-electron chi connectivity index (χ2n) is 1.97. The molecule has 0 amide bonds. The van der Waals surface area contributed by atoms with Gasteiger partial charge in [0.15, 0.2) is 0 Å². The van der Waals surface area contributed by atoms with Gasteiger partial charge in [-0.25, -0.2) is 0 Å². The molecule has 0 saturated heterocycles. The van der Waals surface area contributed by atoms with Crippen LogP contribution in [0.2, 0.25) is 0 Å². The van der Waals surface area contributed by atoms with Crippen LogP contribution >= 0.6 is 9.42 Å². The van der Waals surface area contributed by atoms with Gasteiger partial charge >= 0.3 is 28.2 Å². The third-order valence-electron chi connectivity index (χ3n) is 1.08. The molecule has 0 unspecified atom stereocenters. The number of halogens is 1. The van der Waals surface area contributed by atoms with Crippen LogP contribution in [0.25, 0.3) is 11.9 Å². The molecule has 0 bridgehead atoms. The molecule has 0 rings (SSSR count). The topological polar surface area (TPSA) is 73.9 Å². The van der Waals surface area contributed by atoms with Crippen molar-refractivity contribution < 1.29 is 24.1 Å². The Kier molecular flexibility index (Phi) is 57.1. The van der Waals surface area contributed by atoms with Gasteiger partial charge in [-0.15, -0.1) is 6.54 Å². The Morgan fingerprint density at radius 1 is 1.33 bits per heavy atom. The van der Waals surface area contributed by atoms with E-state index in [1.54, 1.807) is 18.8 Å². The average Bonchev–Trinajstić information content (AvgIpc) is 2.02. The van der Waals surface area contributed by atoms with Crippen molar-refractivity contribution in [2.75, 3.05) is 19.6 Å². The van der Waals surface area contributed by atoms with Crippen molar-refractivity contribution in [3.05, 3.63) is 19.3 Å². The average molecular weight is 378 g/mol. The maximum atomic E-state index is 6.82. The van der Waals surface area contributed by atoms with E-state index in [0.29, 0.717) is 6.54 Å². The van der Waals surface area contributed by atoms with Gasteiger partial charge in [0, 0.05) is 0 Å². The van der Waals surface area contributed by atoms with Gasteiger partial charge in [0.2, 0.25) is 0 Å². The molecule has 0 aliphatic carbocycles. The van der Waals surface area contributed by atoms with Gasteiger partial charge in [-0.05, 0) is 12.8 Å². The number of nitrogens with two attached hydrogens (primary N) is 2. The maximum Gasteiger partial charge on any atom is -0.693 e. The molecule has 0 aromatic heterocycles. The van der Waals surface area contributed by atoms with Gasteiger partial charge in [0.25, 0.3) is 0 Å². The Morgan fingerprint density at radius 2 is 1.83 bits per heavy atom. The molecule has 0 heterocycles. The summed E-state index contributed by atoms with van der Waals surface area (Å²) in [6.07, 6.45) is 2.29. The largest absolute Gasteiger partial charge is 0.693 e. The summed E-state index contributed by atoms with van der Waals surface area (Å²) in [6.45, 7) is 5.12. The minimum atomic E-state index is 0. The molecule has 5 heteroatoms. The SMILES string of the molecule is CCC[NH2+]CCC[NH-].[CH3-].[Cl][Pt].[NH2-]. The van der Waals surface area contributed by atoms with Crippen LogP contribution in [-0.2, 0) is 18.8 Å². The predicted octanol–water partition coefficient (Wildman–Crippen LogP) is 2.26. The van der Waals surface area contributed by atoms with E-state index in [0.717, 1.165) is 13.0 Å². The minimum absolute atomic E-state index is 0. The zero-order valence-electron chi connectivity index (χ0n) is 7.88. The molecule has 83 valence electrons. The summed E-state index contributed by atoms with van der Waals surface area (Å²) < 4.78 is 0. The summed E-state index contributed by atoms with van der Waals surface area (Å²) in [5.74, 6) is 0. The number of quaternary nitrogens is 1. The van der Waals surface area contributed by atoms with Gasteiger partial charge < -0.3 is 24.6 Å². The maximum absolute atomic E-state index is 6.82. The normalized spacial score (nSPS) is 7.08. The Morgan fingerprint density at radius 3 is 2.17 bits per heavy atom. The molecule has 0 aromatic carbocycles. The third-order valence-corrected chi connectivity index (χ3v) is 1.08. The standard InChI is InChI=1S/C6H15N2.CH3.ClH.H2N.Pt/c1-2-5-8-6-3-4-7;;;;/h7-8H,2-6H2,1H3;1H3;1H;1H2;/q2*-1;;-1;+1. The molecule has 0 fully saturated rings. The third kappa shape index (κ3) is 30.7. The summed E-state index contributed by atoms with van der Waals surface area (Å²) in [6, 6.07) is 0. The summed E-state index contributed by atoms with van der Waals surface area (Å²) in [5, 5.41) is 2.27. The molecular formula is C7H21ClN3Pt-2. The van der Waals surface area contributed by atoms with Crippen LogP contribution in [0.1, 0.15) is 19.8 Å². The van der Waals surface area contributed by atoms with Crippen LogP contribution < -0.4 is 5.32 Å².